The van der Waals surface area contributed by atoms with Crippen LogP contribution in [0.5, 0.6) is 0 Å². The highest BCUT2D eigenvalue weighted by molar-refractivity contribution is 9.09. The van der Waals surface area contributed by atoms with Crippen molar-refractivity contribution in [2.75, 3.05) is 5.33 Å². The van der Waals surface area contributed by atoms with Crippen LogP contribution in [0.1, 0.15) is 26.0 Å². The monoisotopic (exact) mass is 308 g/mol. The van der Waals surface area contributed by atoms with Crippen LogP contribution in [0.25, 0.3) is 10.9 Å². The number of hydrogen-bond donors (Lipinski definition) is 0. The maximum absolute atomic E-state index is 4.68. The van der Waals surface area contributed by atoms with Gasteiger partial charge in [-0.25, -0.2) is 0 Å². The molecular weight excluding hydrogens is 288 g/mol. The molecule has 0 N–H and O–H groups in total. The van der Waals surface area contributed by atoms with E-state index in [-0.39, 0.29) is 0 Å². The lowest BCUT2D eigenvalue weighted by Crippen LogP contribution is -2.10. The Labute approximate surface area is 118 Å². The average molecular weight is 309 g/mol. The molecule has 0 radical (unpaired) electrons. The van der Waals surface area contributed by atoms with Crippen LogP contribution in [-0.2, 0) is 13.5 Å². The summed E-state index contributed by atoms with van der Waals surface area (Å²) in [6.45, 7) is 4.57. The quantitative estimate of drug-likeness (QED) is 0.758. The first-order chi connectivity index (χ1) is 8.61. The molecule has 0 bridgehead atoms. The predicted molar refractivity (Wildman–Crippen MR) is 81.2 cm³/mol. The minimum absolute atomic E-state index is 0.670. The summed E-state index contributed by atoms with van der Waals surface area (Å²) in [5.74, 6) is 1.41. The third kappa shape index (κ3) is 2.94. The fraction of sp³-hybridized carbons (Fsp3) is 0.533. The van der Waals surface area contributed by atoms with Crippen LogP contribution in [0.3, 0.4) is 0 Å². The fourth-order valence-corrected chi connectivity index (χ4v) is 3.07. The van der Waals surface area contributed by atoms with Crippen molar-refractivity contribution < 1.29 is 0 Å². The topological polar surface area (TPSA) is 17.8 Å². The van der Waals surface area contributed by atoms with E-state index in [0.717, 1.165) is 17.7 Å². The van der Waals surface area contributed by atoms with E-state index in [1.165, 1.54) is 23.0 Å². The van der Waals surface area contributed by atoms with E-state index in [2.05, 4.69) is 59.1 Å². The lowest BCUT2D eigenvalue weighted by molar-refractivity contribution is 0.441. The van der Waals surface area contributed by atoms with Crippen LogP contribution in [-0.4, -0.2) is 15.1 Å². The van der Waals surface area contributed by atoms with Gasteiger partial charge in [0.2, 0.25) is 0 Å². The zero-order valence-corrected chi connectivity index (χ0v) is 12.9. The lowest BCUT2D eigenvalue weighted by Gasteiger charge is -2.15. The molecular formula is C15H21BrN2. The maximum Gasteiger partial charge on any atom is 0.0706 e. The number of rotatable bonds is 5. The largest absolute Gasteiger partial charge is 0.268 e. The number of halogens is 1. The summed E-state index contributed by atoms with van der Waals surface area (Å²) < 4.78 is 1.99. The Hall–Kier alpha value is -0.830. The van der Waals surface area contributed by atoms with Gasteiger partial charge in [0.1, 0.15) is 0 Å². The van der Waals surface area contributed by atoms with E-state index in [4.69, 9.17) is 0 Å². The molecule has 1 unspecified atom stereocenters. The van der Waals surface area contributed by atoms with Gasteiger partial charge in [0.05, 0.1) is 11.2 Å². The molecule has 0 aliphatic rings. The average Bonchev–Trinajstić information content (AvgIpc) is 2.66. The van der Waals surface area contributed by atoms with Crippen molar-refractivity contribution in [2.45, 2.75) is 26.7 Å². The summed E-state index contributed by atoms with van der Waals surface area (Å²) >= 11 is 3.64. The molecule has 1 aromatic carbocycles. The molecule has 18 heavy (non-hydrogen) atoms. The molecule has 0 amide bonds. The predicted octanol–water partition coefficient (Wildman–Crippen LogP) is 4.17. The first kappa shape index (κ1) is 13.6. The van der Waals surface area contributed by atoms with Crippen LogP contribution in [0.4, 0.5) is 0 Å². The first-order valence-corrected chi connectivity index (χ1v) is 7.70. The van der Waals surface area contributed by atoms with Crippen molar-refractivity contribution in [1.82, 2.24) is 9.78 Å². The second-order valence-corrected chi connectivity index (χ2v) is 6.09. The SMILES string of the molecule is CC(C)CC(CBr)Cc1nn(C)c2ccccc12. The third-order valence-corrected chi connectivity index (χ3v) is 4.25. The van der Waals surface area contributed by atoms with Gasteiger partial charge < -0.3 is 0 Å². The molecule has 0 spiro atoms. The number of nitrogens with zero attached hydrogens (tertiary/aromatic N) is 2. The van der Waals surface area contributed by atoms with Gasteiger partial charge in [-0.3, -0.25) is 4.68 Å². The van der Waals surface area contributed by atoms with E-state index >= 15 is 0 Å². The van der Waals surface area contributed by atoms with Crippen LogP contribution in [0, 0.1) is 11.8 Å². The lowest BCUT2D eigenvalue weighted by atomic mass is 9.94. The summed E-state index contributed by atoms with van der Waals surface area (Å²) in [6, 6.07) is 8.48. The Morgan fingerprint density at radius 3 is 2.67 bits per heavy atom. The van der Waals surface area contributed by atoms with E-state index in [9.17, 15) is 0 Å². The van der Waals surface area contributed by atoms with Crippen molar-refractivity contribution in [2.24, 2.45) is 18.9 Å². The van der Waals surface area contributed by atoms with Gasteiger partial charge in [0.15, 0.2) is 0 Å². The van der Waals surface area contributed by atoms with Gasteiger partial charge in [0, 0.05) is 17.8 Å². The second kappa shape index (κ2) is 5.87. The molecule has 3 heteroatoms. The molecule has 2 nitrogen and oxygen atoms in total. The summed E-state index contributed by atoms with van der Waals surface area (Å²) in [5.41, 5.74) is 2.46. The van der Waals surface area contributed by atoms with Crippen molar-refractivity contribution in [3.05, 3.63) is 30.0 Å². The molecule has 2 rings (SSSR count). The molecule has 0 aliphatic carbocycles. The van der Waals surface area contributed by atoms with Crippen molar-refractivity contribution >= 4 is 26.8 Å². The van der Waals surface area contributed by atoms with Gasteiger partial charge in [-0.1, -0.05) is 48.0 Å². The Morgan fingerprint density at radius 2 is 2.00 bits per heavy atom. The first-order valence-electron chi connectivity index (χ1n) is 6.58. The van der Waals surface area contributed by atoms with Crippen LogP contribution in [0.2, 0.25) is 0 Å². The maximum atomic E-state index is 4.68. The number of para-hydroxylation sites is 1. The normalized spacial score (nSPS) is 13.4. The van der Waals surface area contributed by atoms with Gasteiger partial charge >= 0.3 is 0 Å². The number of aryl methyl sites for hydroxylation is 1. The van der Waals surface area contributed by atoms with E-state index in [1.807, 2.05) is 11.7 Å². The van der Waals surface area contributed by atoms with Gasteiger partial charge in [-0.05, 0) is 30.7 Å². The highest BCUT2D eigenvalue weighted by Gasteiger charge is 2.15. The van der Waals surface area contributed by atoms with E-state index in [0.29, 0.717) is 5.92 Å². The van der Waals surface area contributed by atoms with Crippen LogP contribution >= 0.6 is 15.9 Å². The molecule has 0 saturated heterocycles. The van der Waals surface area contributed by atoms with Crippen LogP contribution in [0.15, 0.2) is 24.3 Å². The summed E-state index contributed by atoms with van der Waals surface area (Å²) in [7, 11) is 2.03. The number of fused-ring (bicyclic) bond motifs is 1. The molecule has 98 valence electrons. The van der Waals surface area contributed by atoms with E-state index < -0.39 is 0 Å². The number of aromatic nitrogens is 2. The van der Waals surface area contributed by atoms with Gasteiger partial charge in [-0.15, -0.1) is 0 Å². The molecule has 1 heterocycles. The van der Waals surface area contributed by atoms with Crippen LogP contribution < -0.4 is 0 Å². The van der Waals surface area contributed by atoms with Crippen molar-refractivity contribution in [1.29, 1.82) is 0 Å². The number of alkyl halides is 1. The molecule has 1 atom stereocenters. The summed E-state index contributed by atoms with van der Waals surface area (Å²) in [6.07, 6.45) is 2.31. The Kier molecular flexibility index (Phi) is 4.44. The third-order valence-electron chi connectivity index (χ3n) is 3.34. The zero-order chi connectivity index (χ0) is 13.1. The smallest absolute Gasteiger partial charge is 0.0706 e. The molecule has 1 aromatic heterocycles. The Bertz CT molecular complexity index is 516. The highest BCUT2D eigenvalue weighted by atomic mass is 79.9. The summed E-state index contributed by atoms with van der Waals surface area (Å²) in [5, 5.41) is 7.03. The fourth-order valence-electron chi connectivity index (χ4n) is 2.58. The number of benzene rings is 1. The molecule has 0 fully saturated rings. The molecule has 0 saturated carbocycles. The number of hydrogen-bond acceptors (Lipinski definition) is 1. The molecule has 0 aliphatic heterocycles. The van der Waals surface area contributed by atoms with Gasteiger partial charge in [-0.2, -0.15) is 5.10 Å². The summed E-state index contributed by atoms with van der Waals surface area (Å²) in [4.78, 5) is 0. The Morgan fingerprint density at radius 1 is 1.28 bits per heavy atom. The minimum atomic E-state index is 0.670. The zero-order valence-electron chi connectivity index (χ0n) is 11.4. The van der Waals surface area contributed by atoms with Crippen molar-refractivity contribution in [3.8, 4) is 0 Å². The van der Waals surface area contributed by atoms with E-state index in [1.54, 1.807) is 0 Å². The minimum Gasteiger partial charge on any atom is -0.268 e. The van der Waals surface area contributed by atoms with Crippen molar-refractivity contribution in [3.63, 3.8) is 0 Å². The highest BCUT2D eigenvalue weighted by Crippen LogP contribution is 2.24. The van der Waals surface area contributed by atoms with Gasteiger partial charge in [0.25, 0.3) is 0 Å². The second-order valence-electron chi connectivity index (χ2n) is 5.44. The Balaban J connectivity index is 2.25. The standard InChI is InChI=1S/C15H21BrN2/c1-11(2)8-12(10-16)9-14-13-6-4-5-7-15(13)18(3)17-14/h4-7,11-12H,8-10H2,1-3H3. The molecule has 2 aromatic rings.